The van der Waals surface area contributed by atoms with Crippen molar-refractivity contribution in [3.8, 4) is 0 Å². The van der Waals surface area contributed by atoms with E-state index in [0.29, 0.717) is 48.9 Å². The number of rotatable bonds is 9. The summed E-state index contributed by atoms with van der Waals surface area (Å²) in [6.45, 7) is 15.0. The van der Waals surface area contributed by atoms with Crippen molar-refractivity contribution < 1.29 is 19.4 Å². The second-order valence-corrected chi connectivity index (χ2v) is 10.2. The van der Waals surface area contributed by atoms with E-state index in [4.69, 9.17) is 9.47 Å². The van der Waals surface area contributed by atoms with Gasteiger partial charge in [-0.1, -0.05) is 46.6 Å². The monoisotopic (exact) mass is 408 g/mol. The smallest absolute Gasteiger partial charge is 0.311 e. The summed E-state index contributed by atoms with van der Waals surface area (Å²) in [4.78, 5) is 12.6. The van der Waals surface area contributed by atoms with Crippen LogP contribution in [0.4, 0.5) is 0 Å². The van der Waals surface area contributed by atoms with Gasteiger partial charge in [0, 0.05) is 12.8 Å². The van der Waals surface area contributed by atoms with Gasteiger partial charge in [0.1, 0.15) is 6.10 Å². The predicted octanol–water partition coefficient (Wildman–Crippen LogP) is 5.88. The third-order valence-corrected chi connectivity index (χ3v) is 7.54. The number of carbonyl (C=O) groups excluding carboxylic acids is 1. The van der Waals surface area contributed by atoms with E-state index in [1.165, 1.54) is 25.7 Å². The van der Waals surface area contributed by atoms with Gasteiger partial charge in [-0.25, -0.2) is 0 Å². The van der Waals surface area contributed by atoms with Crippen molar-refractivity contribution in [3.05, 3.63) is 12.3 Å². The Balaban J connectivity index is 2.04. The molecule has 1 aliphatic heterocycles. The lowest BCUT2D eigenvalue weighted by Crippen LogP contribution is -2.39. The van der Waals surface area contributed by atoms with Crippen molar-refractivity contribution in [2.75, 3.05) is 6.61 Å². The first-order valence-electron chi connectivity index (χ1n) is 11.9. The second-order valence-electron chi connectivity index (χ2n) is 10.2. The first kappa shape index (κ1) is 24.2. The maximum atomic E-state index is 12.6. The first-order chi connectivity index (χ1) is 13.7. The molecular weight excluding hydrogens is 364 g/mol. The minimum atomic E-state index is -0.414. The fourth-order valence-corrected chi connectivity index (χ4v) is 5.21. The fourth-order valence-electron chi connectivity index (χ4n) is 5.21. The lowest BCUT2D eigenvalue weighted by Gasteiger charge is -2.43. The molecule has 2 aliphatic rings. The molecule has 0 amide bonds. The Labute approximate surface area is 178 Å². The molecule has 1 saturated heterocycles. The number of carbonyl (C=O) groups is 1. The lowest BCUT2D eigenvalue weighted by atomic mass is 9.64. The molecule has 1 heterocycles. The largest absolute Gasteiger partial charge is 0.495 e. The van der Waals surface area contributed by atoms with Gasteiger partial charge in [-0.2, -0.15) is 0 Å². The van der Waals surface area contributed by atoms with Crippen LogP contribution in [0.5, 0.6) is 0 Å². The molecule has 29 heavy (non-hydrogen) atoms. The second kappa shape index (κ2) is 10.8. The summed E-state index contributed by atoms with van der Waals surface area (Å²) in [6.07, 6.45) is 8.65. The molecule has 168 valence electrons. The van der Waals surface area contributed by atoms with Crippen LogP contribution >= 0.6 is 0 Å². The third-order valence-electron chi connectivity index (χ3n) is 7.54. The van der Waals surface area contributed by atoms with Gasteiger partial charge in [0.05, 0.1) is 23.9 Å². The molecule has 0 aromatic carbocycles. The molecule has 0 aromatic rings. The van der Waals surface area contributed by atoms with Gasteiger partial charge >= 0.3 is 5.97 Å². The molecule has 0 unspecified atom stereocenters. The number of esters is 1. The van der Waals surface area contributed by atoms with Crippen molar-refractivity contribution in [1.29, 1.82) is 0 Å². The number of hydrogen-bond acceptors (Lipinski definition) is 4. The molecule has 2 fully saturated rings. The minimum absolute atomic E-state index is 0.0622. The van der Waals surface area contributed by atoms with Crippen molar-refractivity contribution >= 4 is 5.97 Å². The molecule has 4 nitrogen and oxygen atoms in total. The molecule has 4 heteroatoms. The molecule has 6 atom stereocenters. The SMILES string of the molecule is C=C1C[C@@H](O)C[C@H](CC[C@@H]2[C@@H](COC(=O)C(C)(C)CC)[C@H](CCC)CC[C@@H]2C)O1. The van der Waals surface area contributed by atoms with Crippen LogP contribution in [0.1, 0.15) is 92.4 Å². The lowest BCUT2D eigenvalue weighted by molar-refractivity contribution is -0.158. The average molecular weight is 409 g/mol. The highest BCUT2D eigenvalue weighted by atomic mass is 16.5. The zero-order valence-corrected chi connectivity index (χ0v) is 19.4. The topological polar surface area (TPSA) is 55.8 Å². The highest BCUT2D eigenvalue weighted by molar-refractivity contribution is 5.75. The van der Waals surface area contributed by atoms with Crippen LogP contribution in [-0.2, 0) is 14.3 Å². The summed E-state index contributed by atoms with van der Waals surface area (Å²) in [6, 6.07) is 0. The zero-order chi connectivity index (χ0) is 21.6. The first-order valence-corrected chi connectivity index (χ1v) is 11.9. The molecule has 0 spiro atoms. The minimum Gasteiger partial charge on any atom is -0.495 e. The maximum Gasteiger partial charge on any atom is 0.311 e. The van der Waals surface area contributed by atoms with Crippen LogP contribution in [-0.4, -0.2) is 29.9 Å². The van der Waals surface area contributed by atoms with Crippen LogP contribution in [0.15, 0.2) is 12.3 Å². The average Bonchev–Trinajstić information content (AvgIpc) is 2.66. The van der Waals surface area contributed by atoms with Gasteiger partial charge in [-0.05, 0) is 63.2 Å². The highest BCUT2D eigenvalue weighted by Gasteiger charge is 2.39. The summed E-state index contributed by atoms with van der Waals surface area (Å²) in [7, 11) is 0. The van der Waals surface area contributed by atoms with Gasteiger partial charge in [0.15, 0.2) is 0 Å². The molecule has 1 N–H and O–H groups in total. The molecule has 1 aliphatic carbocycles. The van der Waals surface area contributed by atoms with Gasteiger partial charge < -0.3 is 14.6 Å². The Morgan fingerprint density at radius 3 is 2.55 bits per heavy atom. The van der Waals surface area contributed by atoms with Crippen molar-refractivity contribution in [2.45, 2.75) is 105 Å². The maximum absolute atomic E-state index is 12.6. The standard InChI is InChI=1S/C25H44O4/c1-7-9-19-11-10-17(3)22(13-12-21-15-20(26)14-18(4)29-21)23(19)16-28-24(27)25(5,6)8-2/h17,19-23,26H,4,7-16H2,1-3,5-6H3/t17-,19+,20+,21-,22-,23-/m0/s1. The van der Waals surface area contributed by atoms with Gasteiger partial charge in [0.2, 0.25) is 0 Å². The van der Waals surface area contributed by atoms with Crippen LogP contribution in [0, 0.1) is 29.1 Å². The predicted molar refractivity (Wildman–Crippen MR) is 117 cm³/mol. The third kappa shape index (κ3) is 6.73. The van der Waals surface area contributed by atoms with Crippen LogP contribution in [0.3, 0.4) is 0 Å². The van der Waals surface area contributed by atoms with Crippen molar-refractivity contribution in [3.63, 3.8) is 0 Å². The van der Waals surface area contributed by atoms with E-state index in [0.717, 1.165) is 19.3 Å². The van der Waals surface area contributed by atoms with E-state index in [1.54, 1.807) is 0 Å². The Kier molecular flexibility index (Phi) is 9.06. The summed E-state index contributed by atoms with van der Waals surface area (Å²) in [5.41, 5.74) is -0.414. The molecule has 1 saturated carbocycles. The molecular formula is C25H44O4. The quantitative estimate of drug-likeness (QED) is 0.484. The van der Waals surface area contributed by atoms with E-state index in [1.807, 2.05) is 20.8 Å². The Morgan fingerprint density at radius 2 is 1.93 bits per heavy atom. The molecule has 0 aromatic heterocycles. The normalized spacial score (nSPS) is 33.2. The van der Waals surface area contributed by atoms with Gasteiger partial charge in [-0.15, -0.1) is 0 Å². The summed E-state index contributed by atoms with van der Waals surface area (Å²) >= 11 is 0. The molecule has 0 radical (unpaired) electrons. The van der Waals surface area contributed by atoms with Gasteiger partial charge in [-0.3, -0.25) is 4.79 Å². The van der Waals surface area contributed by atoms with Crippen molar-refractivity contribution in [1.82, 2.24) is 0 Å². The van der Waals surface area contributed by atoms with Crippen LogP contribution < -0.4 is 0 Å². The van der Waals surface area contributed by atoms with E-state index in [9.17, 15) is 9.90 Å². The van der Waals surface area contributed by atoms with E-state index < -0.39 is 5.41 Å². The Hall–Kier alpha value is -1.03. The number of hydrogen-bond donors (Lipinski definition) is 1. The number of ether oxygens (including phenoxy) is 2. The Morgan fingerprint density at radius 1 is 1.21 bits per heavy atom. The molecule has 0 bridgehead atoms. The van der Waals surface area contributed by atoms with Crippen LogP contribution in [0.2, 0.25) is 0 Å². The highest BCUT2D eigenvalue weighted by Crippen LogP contribution is 2.44. The van der Waals surface area contributed by atoms with Crippen molar-refractivity contribution in [2.24, 2.45) is 29.1 Å². The molecule has 2 rings (SSSR count). The number of aliphatic hydroxyl groups excluding tert-OH is 1. The van der Waals surface area contributed by atoms with E-state index in [-0.39, 0.29) is 18.2 Å². The zero-order valence-electron chi connectivity index (χ0n) is 19.4. The summed E-state index contributed by atoms with van der Waals surface area (Å²) < 4.78 is 11.8. The number of aliphatic hydroxyl groups is 1. The van der Waals surface area contributed by atoms with Gasteiger partial charge in [0.25, 0.3) is 0 Å². The summed E-state index contributed by atoms with van der Waals surface area (Å²) in [5, 5.41) is 10.0. The Bertz CT molecular complexity index is 541. The van der Waals surface area contributed by atoms with E-state index in [2.05, 4.69) is 20.4 Å². The summed E-state index contributed by atoms with van der Waals surface area (Å²) in [5.74, 6) is 2.86. The van der Waals surface area contributed by atoms with Crippen LogP contribution in [0.25, 0.3) is 0 Å². The fraction of sp³-hybridized carbons (Fsp3) is 0.880. The van der Waals surface area contributed by atoms with E-state index >= 15 is 0 Å².